The van der Waals surface area contributed by atoms with Gasteiger partial charge >= 0.3 is 0 Å². The van der Waals surface area contributed by atoms with Crippen molar-refractivity contribution < 1.29 is 23.7 Å². The van der Waals surface area contributed by atoms with Crippen molar-refractivity contribution in [1.29, 1.82) is 0 Å². The molecule has 1 aromatic carbocycles. The fraction of sp³-hybridized carbons (Fsp3) is 0.308. The summed E-state index contributed by atoms with van der Waals surface area (Å²) >= 11 is 0. The first-order valence-corrected chi connectivity index (χ1v) is 5.58. The third-order valence-corrected chi connectivity index (χ3v) is 2.74. The van der Waals surface area contributed by atoms with E-state index in [0.717, 1.165) is 0 Å². The Balaban J connectivity index is 2.61. The van der Waals surface area contributed by atoms with Gasteiger partial charge in [0.25, 0.3) is 0 Å². The second kappa shape index (κ2) is 5.62. The Morgan fingerprint density at radius 3 is 2.26 bits per heavy atom. The van der Waals surface area contributed by atoms with E-state index in [1.165, 1.54) is 6.39 Å². The number of benzene rings is 1. The molecule has 0 spiro atoms. The molecular formula is C13H15NO5. The predicted molar refractivity (Wildman–Crippen MR) is 67.5 cm³/mol. The molecule has 0 aliphatic carbocycles. The van der Waals surface area contributed by atoms with Crippen molar-refractivity contribution in [3.8, 4) is 28.6 Å². The van der Waals surface area contributed by atoms with Crippen molar-refractivity contribution >= 4 is 0 Å². The molecule has 2 rings (SSSR count). The fourth-order valence-corrected chi connectivity index (χ4v) is 1.81. The van der Waals surface area contributed by atoms with E-state index in [1.54, 1.807) is 33.5 Å². The van der Waals surface area contributed by atoms with Gasteiger partial charge in [-0.25, -0.2) is 4.98 Å². The lowest BCUT2D eigenvalue weighted by Crippen LogP contribution is -1.96. The van der Waals surface area contributed by atoms with Crippen LogP contribution in [0.4, 0.5) is 0 Å². The van der Waals surface area contributed by atoms with Crippen LogP contribution in [-0.4, -0.2) is 31.4 Å². The van der Waals surface area contributed by atoms with E-state index in [0.29, 0.717) is 34.3 Å². The number of hydrogen-bond donors (Lipinski definition) is 1. The predicted octanol–water partition coefficient (Wildman–Crippen LogP) is 1.86. The normalized spacial score (nSPS) is 10.3. The lowest BCUT2D eigenvalue weighted by Gasteiger charge is -2.13. The van der Waals surface area contributed by atoms with Crippen molar-refractivity contribution in [1.82, 2.24) is 4.98 Å². The number of hydrogen-bond acceptors (Lipinski definition) is 6. The van der Waals surface area contributed by atoms with Crippen LogP contribution in [0.25, 0.3) is 11.3 Å². The largest absolute Gasteiger partial charge is 0.496 e. The molecule has 0 atom stereocenters. The zero-order chi connectivity index (χ0) is 13.8. The summed E-state index contributed by atoms with van der Waals surface area (Å²) in [4.78, 5) is 3.94. The van der Waals surface area contributed by atoms with Gasteiger partial charge in [-0.15, -0.1) is 0 Å². The van der Waals surface area contributed by atoms with Gasteiger partial charge in [0.1, 0.15) is 11.4 Å². The monoisotopic (exact) mass is 265 g/mol. The number of oxazole rings is 1. The van der Waals surface area contributed by atoms with Crippen molar-refractivity contribution in [2.24, 2.45) is 0 Å². The molecule has 0 radical (unpaired) electrons. The Morgan fingerprint density at radius 2 is 1.68 bits per heavy atom. The highest BCUT2D eigenvalue weighted by atomic mass is 16.5. The number of methoxy groups -OCH3 is 3. The van der Waals surface area contributed by atoms with E-state index in [2.05, 4.69) is 4.98 Å². The van der Waals surface area contributed by atoms with E-state index in [-0.39, 0.29) is 6.61 Å². The summed E-state index contributed by atoms with van der Waals surface area (Å²) in [6.07, 6.45) is 1.27. The Bertz CT molecular complexity index is 564. The topological polar surface area (TPSA) is 74.0 Å². The van der Waals surface area contributed by atoms with Crippen LogP contribution in [0, 0.1) is 0 Å². The molecule has 0 unspecified atom stereocenters. The van der Waals surface area contributed by atoms with Crippen molar-refractivity contribution in [3.05, 3.63) is 24.2 Å². The van der Waals surface area contributed by atoms with E-state index in [1.807, 2.05) is 0 Å². The second-order valence-electron chi connectivity index (χ2n) is 3.69. The first kappa shape index (κ1) is 13.2. The van der Waals surface area contributed by atoms with Crippen molar-refractivity contribution in [3.63, 3.8) is 0 Å². The molecule has 0 bridgehead atoms. The summed E-state index contributed by atoms with van der Waals surface area (Å²) in [5.41, 5.74) is 1.08. The fourth-order valence-electron chi connectivity index (χ4n) is 1.81. The Hall–Kier alpha value is -2.21. The summed E-state index contributed by atoms with van der Waals surface area (Å²) < 4.78 is 21.1. The van der Waals surface area contributed by atoms with Crippen LogP contribution < -0.4 is 14.2 Å². The average Bonchev–Trinajstić information content (AvgIpc) is 2.93. The Labute approximate surface area is 110 Å². The maximum Gasteiger partial charge on any atom is 0.181 e. The lowest BCUT2D eigenvalue weighted by atomic mass is 10.1. The van der Waals surface area contributed by atoms with Gasteiger partial charge in [0.2, 0.25) is 0 Å². The van der Waals surface area contributed by atoms with E-state index in [9.17, 15) is 5.11 Å². The minimum Gasteiger partial charge on any atom is -0.496 e. The molecule has 0 amide bonds. The van der Waals surface area contributed by atoms with Crippen LogP contribution >= 0.6 is 0 Å². The summed E-state index contributed by atoms with van der Waals surface area (Å²) in [6.45, 7) is -0.219. The molecule has 6 nitrogen and oxygen atoms in total. The molecule has 19 heavy (non-hydrogen) atoms. The highest BCUT2D eigenvalue weighted by molar-refractivity contribution is 5.72. The molecule has 2 aromatic rings. The van der Waals surface area contributed by atoms with Gasteiger partial charge in [-0.05, 0) is 6.07 Å². The van der Waals surface area contributed by atoms with Crippen molar-refractivity contribution in [2.75, 3.05) is 21.3 Å². The smallest absolute Gasteiger partial charge is 0.181 e. The van der Waals surface area contributed by atoms with E-state index in [4.69, 9.17) is 18.6 Å². The molecule has 102 valence electrons. The highest BCUT2D eigenvalue weighted by Gasteiger charge is 2.18. The summed E-state index contributed by atoms with van der Waals surface area (Å²) in [7, 11) is 4.63. The summed E-state index contributed by atoms with van der Waals surface area (Å²) in [6, 6.07) is 3.41. The number of aliphatic hydroxyl groups excluding tert-OH is 1. The summed E-state index contributed by atoms with van der Waals surface area (Å²) in [5.74, 6) is 2.08. The molecular weight excluding hydrogens is 250 g/mol. The molecule has 1 aromatic heterocycles. The number of ether oxygens (including phenoxy) is 3. The van der Waals surface area contributed by atoms with Gasteiger partial charge in [0, 0.05) is 6.07 Å². The quantitative estimate of drug-likeness (QED) is 0.889. The van der Waals surface area contributed by atoms with Gasteiger partial charge in [-0.3, -0.25) is 0 Å². The van der Waals surface area contributed by atoms with Crippen LogP contribution in [0.15, 0.2) is 22.9 Å². The third kappa shape index (κ3) is 2.34. The minimum atomic E-state index is -0.219. The Morgan fingerprint density at radius 1 is 1.05 bits per heavy atom. The second-order valence-corrected chi connectivity index (χ2v) is 3.69. The standard InChI is InChI=1S/C13H15NO5/c1-16-10-5-12(18-3)11(17-2)4-8(10)13-9(6-15)14-7-19-13/h4-5,7,15H,6H2,1-3H3. The Kier molecular flexibility index (Phi) is 3.91. The molecule has 0 saturated heterocycles. The number of aromatic nitrogens is 1. The van der Waals surface area contributed by atoms with Crippen LogP contribution in [0.3, 0.4) is 0 Å². The first-order valence-electron chi connectivity index (χ1n) is 5.58. The number of rotatable bonds is 5. The van der Waals surface area contributed by atoms with Gasteiger partial charge in [-0.2, -0.15) is 0 Å². The molecule has 0 fully saturated rings. The van der Waals surface area contributed by atoms with Crippen LogP contribution in [0.1, 0.15) is 5.69 Å². The van der Waals surface area contributed by atoms with Gasteiger partial charge in [0.15, 0.2) is 23.7 Å². The molecule has 1 heterocycles. The number of aliphatic hydroxyl groups is 1. The SMILES string of the molecule is COc1cc(OC)c(-c2ocnc2CO)cc1OC. The van der Waals surface area contributed by atoms with Crippen molar-refractivity contribution in [2.45, 2.75) is 6.61 Å². The van der Waals surface area contributed by atoms with Gasteiger partial charge in [0.05, 0.1) is 33.5 Å². The average molecular weight is 265 g/mol. The zero-order valence-corrected chi connectivity index (χ0v) is 11.0. The number of nitrogens with zero attached hydrogens (tertiary/aromatic N) is 1. The summed E-state index contributed by atoms with van der Waals surface area (Å²) in [5, 5.41) is 9.24. The van der Waals surface area contributed by atoms with Crippen LogP contribution in [0.2, 0.25) is 0 Å². The molecule has 0 aliphatic heterocycles. The molecule has 6 heteroatoms. The minimum absolute atomic E-state index is 0.219. The first-order chi connectivity index (χ1) is 9.24. The highest BCUT2D eigenvalue weighted by Crippen LogP contribution is 2.40. The molecule has 0 aliphatic rings. The van der Waals surface area contributed by atoms with Crippen LogP contribution in [-0.2, 0) is 6.61 Å². The van der Waals surface area contributed by atoms with Gasteiger partial charge in [-0.1, -0.05) is 0 Å². The maximum absolute atomic E-state index is 9.24. The van der Waals surface area contributed by atoms with Gasteiger partial charge < -0.3 is 23.7 Å². The third-order valence-electron chi connectivity index (χ3n) is 2.74. The maximum atomic E-state index is 9.24. The van der Waals surface area contributed by atoms with E-state index >= 15 is 0 Å². The van der Waals surface area contributed by atoms with Crippen LogP contribution in [0.5, 0.6) is 17.2 Å². The van der Waals surface area contributed by atoms with E-state index < -0.39 is 0 Å². The lowest BCUT2D eigenvalue weighted by molar-refractivity contribution is 0.277. The molecule has 0 saturated carbocycles. The molecule has 1 N–H and O–H groups in total. The zero-order valence-electron chi connectivity index (χ0n) is 11.0.